The third-order valence-electron chi connectivity index (χ3n) is 2.31. The van der Waals surface area contributed by atoms with Crippen LogP contribution in [0.25, 0.3) is 0 Å². The lowest BCUT2D eigenvalue weighted by molar-refractivity contribution is -0.118. The summed E-state index contributed by atoms with van der Waals surface area (Å²) >= 11 is 1.56. The van der Waals surface area contributed by atoms with Crippen molar-refractivity contribution in [1.29, 1.82) is 0 Å². The molecular formula is C10H15BO2S. The van der Waals surface area contributed by atoms with Crippen molar-refractivity contribution in [2.45, 2.75) is 13.2 Å². The molecule has 1 unspecified atom stereocenters. The molecule has 0 aliphatic heterocycles. The van der Waals surface area contributed by atoms with E-state index < -0.39 is 6.92 Å². The second-order valence-electron chi connectivity index (χ2n) is 3.48. The van der Waals surface area contributed by atoms with Crippen LogP contribution in [0.1, 0.15) is 6.42 Å². The van der Waals surface area contributed by atoms with Gasteiger partial charge in [-0.05, 0) is 12.7 Å². The van der Waals surface area contributed by atoms with Crippen molar-refractivity contribution < 1.29 is 9.82 Å². The minimum atomic E-state index is -0.428. The number of ketones is 1. The Morgan fingerprint density at radius 2 is 2.50 bits per heavy atom. The van der Waals surface area contributed by atoms with Crippen LogP contribution >= 0.6 is 11.8 Å². The summed E-state index contributed by atoms with van der Waals surface area (Å²) in [4.78, 5) is 11.5. The number of carbonyl (C=O) groups excluding carboxylic acids is 1. The molecule has 0 radical (unpaired) electrons. The zero-order valence-electron chi connectivity index (χ0n) is 8.56. The van der Waals surface area contributed by atoms with Crippen LogP contribution < -0.4 is 0 Å². The maximum Gasteiger partial charge on any atom is 0.320 e. The Morgan fingerprint density at radius 3 is 2.93 bits per heavy atom. The Morgan fingerprint density at radius 1 is 1.79 bits per heavy atom. The third kappa shape index (κ3) is 3.03. The second-order valence-corrected chi connectivity index (χ2v) is 4.35. The highest BCUT2D eigenvalue weighted by molar-refractivity contribution is 7.99. The lowest BCUT2D eigenvalue weighted by Crippen LogP contribution is -2.18. The minimum absolute atomic E-state index is 0.0185. The van der Waals surface area contributed by atoms with E-state index in [0.29, 0.717) is 5.75 Å². The molecule has 0 spiro atoms. The molecule has 0 saturated heterocycles. The van der Waals surface area contributed by atoms with Gasteiger partial charge in [0, 0.05) is 5.92 Å². The molecule has 1 N–H and O–H groups in total. The highest BCUT2D eigenvalue weighted by atomic mass is 32.2. The van der Waals surface area contributed by atoms with Gasteiger partial charge in [0.1, 0.15) is 5.78 Å². The van der Waals surface area contributed by atoms with Gasteiger partial charge in [0.15, 0.2) is 0 Å². The minimum Gasteiger partial charge on any atom is -0.447 e. The summed E-state index contributed by atoms with van der Waals surface area (Å²) < 4.78 is 0. The number of carbonyl (C=O) groups is 1. The Kier molecular flexibility index (Phi) is 4.49. The fourth-order valence-electron chi connectivity index (χ4n) is 1.43. The molecule has 0 saturated carbocycles. The quantitative estimate of drug-likeness (QED) is 0.715. The van der Waals surface area contributed by atoms with Crippen molar-refractivity contribution in [3.63, 3.8) is 0 Å². The van der Waals surface area contributed by atoms with Gasteiger partial charge in [0.25, 0.3) is 0 Å². The normalized spacial score (nSPS) is 20.5. The second kappa shape index (κ2) is 5.42. The van der Waals surface area contributed by atoms with E-state index in [1.54, 1.807) is 18.6 Å². The van der Waals surface area contributed by atoms with Crippen LogP contribution in [0, 0.1) is 5.92 Å². The molecule has 1 aliphatic carbocycles. The van der Waals surface area contributed by atoms with Gasteiger partial charge in [0.05, 0.1) is 5.75 Å². The van der Waals surface area contributed by atoms with Crippen LogP contribution in [-0.4, -0.2) is 29.7 Å². The molecule has 0 aromatic carbocycles. The van der Waals surface area contributed by atoms with Gasteiger partial charge in [-0.25, -0.2) is 0 Å². The molecule has 14 heavy (non-hydrogen) atoms. The van der Waals surface area contributed by atoms with E-state index in [1.165, 1.54) is 0 Å². The van der Waals surface area contributed by atoms with Crippen LogP contribution in [0.4, 0.5) is 0 Å². The van der Waals surface area contributed by atoms with E-state index in [1.807, 2.05) is 24.5 Å². The van der Waals surface area contributed by atoms with E-state index in [4.69, 9.17) is 0 Å². The molecule has 0 amide bonds. The van der Waals surface area contributed by atoms with Crippen molar-refractivity contribution in [1.82, 2.24) is 0 Å². The van der Waals surface area contributed by atoms with E-state index >= 15 is 0 Å². The number of thioether (sulfide) groups is 1. The largest absolute Gasteiger partial charge is 0.447 e. The third-order valence-corrected chi connectivity index (χ3v) is 2.88. The summed E-state index contributed by atoms with van der Waals surface area (Å²) in [6.45, 7) is 1.31. The molecule has 76 valence electrons. The van der Waals surface area contributed by atoms with Gasteiger partial charge in [-0.1, -0.05) is 30.5 Å². The molecular weight excluding hydrogens is 195 g/mol. The SMILES string of the molecule is CSCC(=O)C1C=CC(B(C)O)=CC1. The Balaban J connectivity index is 2.52. The highest BCUT2D eigenvalue weighted by Crippen LogP contribution is 2.19. The van der Waals surface area contributed by atoms with Crippen LogP contribution in [0.15, 0.2) is 23.7 Å². The summed E-state index contributed by atoms with van der Waals surface area (Å²) in [6.07, 6.45) is 8.38. The average molecular weight is 210 g/mol. The van der Waals surface area contributed by atoms with Gasteiger partial charge >= 0.3 is 6.92 Å². The van der Waals surface area contributed by atoms with E-state index in [0.717, 1.165) is 11.9 Å². The molecule has 1 atom stereocenters. The van der Waals surface area contributed by atoms with Gasteiger partial charge < -0.3 is 5.02 Å². The van der Waals surface area contributed by atoms with E-state index in [9.17, 15) is 9.82 Å². The van der Waals surface area contributed by atoms with Crippen LogP contribution in [0.3, 0.4) is 0 Å². The van der Waals surface area contributed by atoms with Crippen LogP contribution in [0.5, 0.6) is 0 Å². The highest BCUT2D eigenvalue weighted by Gasteiger charge is 2.18. The van der Waals surface area contributed by atoms with Gasteiger partial charge in [0.2, 0.25) is 0 Å². The number of Topliss-reactive ketones (excluding diaryl/α,β-unsaturated/α-hetero) is 1. The van der Waals surface area contributed by atoms with Crippen molar-refractivity contribution in [2.24, 2.45) is 5.92 Å². The fourth-order valence-corrected chi connectivity index (χ4v) is 1.93. The number of hydrogen-bond acceptors (Lipinski definition) is 3. The molecule has 0 aromatic heterocycles. The summed E-state index contributed by atoms with van der Waals surface area (Å²) in [7, 11) is 0. The zero-order chi connectivity index (χ0) is 10.6. The Bertz CT molecular complexity index is 271. The van der Waals surface area contributed by atoms with Crippen molar-refractivity contribution in [3.8, 4) is 0 Å². The van der Waals surface area contributed by atoms with Crippen LogP contribution in [0.2, 0.25) is 6.82 Å². The van der Waals surface area contributed by atoms with Crippen molar-refractivity contribution in [2.75, 3.05) is 12.0 Å². The monoisotopic (exact) mass is 210 g/mol. The predicted molar refractivity (Wildman–Crippen MR) is 62.6 cm³/mol. The number of allylic oxidation sites excluding steroid dienone is 4. The summed E-state index contributed by atoms with van der Waals surface area (Å²) in [5.74, 6) is 0.868. The molecule has 4 heteroatoms. The lowest BCUT2D eigenvalue weighted by atomic mass is 9.61. The summed E-state index contributed by atoms with van der Waals surface area (Å²) in [5, 5.41) is 9.30. The molecule has 0 aromatic rings. The molecule has 0 fully saturated rings. The molecule has 0 heterocycles. The van der Waals surface area contributed by atoms with Crippen molar-refractivity contribution in [3.05, 3.63) is 23.7 Å². The maximum atomic E-state index is 11.5. The standard InChI is InChI=1S/C10H15BO2S/c1-11(13)9-5-3-8(4-6-9)10(12)7-14-2/h3,5-6,8,13H,4,7H2,1-2H3. The molecule has 0 bridgehead atoms. The Hall–Kier alpha value is -0.475. The van der Waals surface area contributed by atoms with Gasteiger partial charge in [-0.3, -0.25) is 4.79 Å². The van der Waals surface area contributed by atoms with Gasteiger partial charge in [-0.15, -0.1) is 0 Å². The first-order valence-corrected chi connectivity index (χ1v) is 6.12. The zero-order valence-corrected chi connectivity index (χ0v) is 9.38. The van der Waals surface area contributed by atoms with Crippen LogP contribution in [-0.2, 0) is 4.79 Å². The van der Waals surface area contributed by atoms with E-state index in [-0.39, 0.29) is 11.7 Å². The molecule has 1 aliphatic rings. The van der Waals surface area contributed by atoms with E-state index in [2.05, 4.69) is 0 Å². The van der Waals surface area contributed by atoms with Gasteiger partial charge in [-0.2, -0.15) is 11.8 Å². The first-order chi connectivity index (χ1) is 6.65. The topological polar surface area (TPSA) is 37.3 Å². The number of rotatable bonds is 4. The molecule has 2 nitrogen and oxygen atoms in total. The van der Waals surface area contributed by atoms with Crippen molar-refractivity contribution >= 4 is 24.5 Å². The fraction of sp³-hybridized carbons (Fsp3) is 0.500. The average Bonchev–Trinajstić information content (AvgIpc) is 2.18. The summed E-state index contributed by atoms with van der Waals surface area (Å²) in [6, 6.07) is 0. The predicted octanol–water partition coefficient (Wildman–Crippen LogP) is 1.57. The maximum absolute atomic E-state index is 11.5. The lowest BCUT2D eigenvalue weighted by Gasteiger charge is -2.14. The summed E-state index contributed by atoms with van der Waals surface area (Å²) in [5.41, 5.74) is 0.915. The molecule has 1 rings (SSSR count). The first kappa shape index (κ1) is 11.6. The smallest absolute Gasteiger partial charge is 0.320 e. The Labute approximate surface area is 89.6 Å². The number of hydrogen-bond donors (Lipinski definition) is 1. The first-order valence-electron chi connectivity index (χ1n) is 4.73.